The molecule has 1 aromatic carbocycles. The first kappa shape index (κ1) is 18.3. The summed E-state index contributed by atoms with van der Waals surface area (Å²) in [5.41, 5.74) is 6.57. The van der Waals surface area contributed by atoms with Crippen LogP contribution in [0.3, 0.4) is 0 Å². The lowest BCUT2D eigenvalue weighted by Crippen LogP contribution is -2.16. The van der Waals surface area contributed by atoms with Crippen LogP contribution in [0.5, 0.6) is 5.75 Å². The monoisotopic (exact) mass is 352 g/mol. The van der Waals surface area contributed by atoms with Crippen LogP contribution in [0.4, 0.5) is 5.69 Å². The van der Waals surface area contributed by atoms with Gasteiger partial charge in [0.2, 0.25) is 0 Å². The molecule has 24 heavy (non-hydrogen) atoms. The van der Waals surface area contributed by atoms with Crippen LogP contribution in [0.25, 0.3) is 0 Å². The van der Waals surface area contributed by atoms with E-state index < -0.39 is 0 Å². The Morgan fingerprint density at radius 1 is 1.38 bits per heavy atom. The number of hydrogen-bond donors (Lipinski definition) is 2. The lowest BCUT2D eigenvalue weighted by molar-refractivity contribution is 0.0680. The number of nitrogens with two attached hydrogens (primary N) is 1. The Kier molecular flexibility index (Phi) is 6.66. The van der Waals surface area contributed by atoms with E-state index >= 15 is 0 Å². The first-order valence-electron chi connectivity index (χ1n) is 7.68. The summed E-state index contributed by atoms with van der Waals surface area (Å²) in [5.74, 6) is 1.03. The summed E-state index contributed by atoms with van der Waals surface area (Å²) in [7, 11) is 0. The Labute approximate surface area is 146 Å². The summed E-state index contributed by atoms with van der Waals surface area (Å²) in [5, 5.41) is 2.81. The van der Waals surface area contributed by atoms with E-state index in [1.165, 1.54) is 6.26 Å². The highest BCUT2D eigenvalue weighted by Crippen LogP contribution is 2.20. The first-order chi connectivity index (χ1) is 11.2. The van der Waals surface area contributed by atoms with Crippen molar-refractivity contribution in [3.05, 3.63) is 47.9 Å². The molecule has 6 nitrogen and oxygen atoms in total. The summed E-state index contributed by atoms with van der Waals surface area (Å²) < 4.78 is 16.4. The van der Waals surface area contributed by atoms with Gasteiger partial charge in [-0.25, -0.2) is 0 Å². The fourth-order valence-electron chi connectivity index (χ4n) is 2.44. The van der Waals surface area contributed by atoms with Gasteiger partial charge in [-0.15, -0.1) is 12.4 Å². The van der Waals surface area contributed by atoms with Gasteiger partial charge in [-0.3, -0.25) is 4.79 Å². The van der Waals surface area contributed by atoms with Crippen molar-refractivity contribution in [3.63, 3.8) is 0 Å². The van der Waals surface area contributed by atoms with Crippen LogP contribution in [-0.4, -0.2) is 25.2 Å². The van der Waals surface area contributed by atoms with Crippen molar-refractivity contribution in [2.75, 3.05) is 18.5 Å². The van der Waals surface area contributed by atoms with Gasteiger partial charge >= 0.3 is 0 Å². The van der Waals surface area contributed by atoms with Gasteiger partial charge in [0.1, 0.15) is 24.4 Å². The zero-order valence-corrected chi connectivity index (χ0v) is 14.0. The van der Waals surface area contributed by atoms with E-state index in [1.807, 2.05) is 12.1 Å². The lowest BCUT2D eigenvalue weighted by atomic mass is 10.2. The van der Waals surface area contributed by atoms with Crippen molar-refractivity contribution in [2.24, 2.45) is 5.73 Å². The molecule has 0 spiro atoms. The molecule has 1 atom stereocenters. The van der Waals surface area contributed by atoms with E-state index in [-0.39, 0.29) is 31.0 Å². The molecule has 7 heteroatoms. The van der Waals surface area contributed by atoms with E-state index in [2.05, 4.69) is 5.32 Å². The number of carbonyl (C=O) groups is 1. The Morgan fingerprint density at radius 2 is 2.25 bits per heavy atom. The molecule has 0 bridgehead atoms. The third-order valence-electron chi connectivity index (χ3n) is 3.67. The van der Waals surface area contributed by atoms with Crippen molar-refractivity contribution in [1.29, 1.82) is 0 Å². The molecular weight excluding hydrogens is 332 g/mol. The molecule has 1 aromatic heterocycles. The number of nitrogens with one attached hydrogen (secondary N) is 1. The van der Waals surface area contributed by atoms with Gasteiger partial charge in [0, 0.05) is 18.4 Å². The molecule has 1 aliphatic rings. The zero-order chi connectivity index (χ0) is 16.1. The minimum atomic E-state index is -0.246. The highest BCUT2D eigenvalue weighted by molar-refractivity contribution is 6.04. The van der Waals surface area contributed by atoms with E-state index in [9.17, 15) is 4.79 Å². The molecule has 0 radical (unpaired) electrons. The molecule has 0 saturated carbocycles. The second-order valence-corrected chi connectivity index (χ2v) is 5.43. The minimum Gasteiger partial charge on any atom is -0.491 e. The molecule has 1 unspecified atom stereocenters. The summed E-state index contributed by atoms with van der Waals surface area (Å²) in [6, 6.07) is 8.92. The summed E-state index contributed by atoms with van der Waals surface area (Å²) in [4.78, 5) is 12.1. The largest absolute Gasteiger partial charge is 0.491 e. The van der Waals surface area contributed by atoms with Gasteiger partial charge < -0.3 is 24.9 Å². The SMILES string of the molecule is Cl.NCc1cc(C(=O)Nc2cccc(OCC3CCCO3)c2)co1. The average molecular weight is 353 g/mol. The molecule has 1 saturated heterocycles. The average Bonchev–Trinajstić information content (AvgIpc) is 3.25. The Balaban J connectivity index is 0.00000208. The molecule has 130 valence electrons. The summed E-state index contributed by atoms with van der Waals surface area (Å²) in [6.07, 6.45) is 3.67. The molecule has 1 fully saturated rings. The fourth-order valence-corrected chi connectivity index (χ4v) is 2.44. The Hall–Kier alpha value is -2.02. The van der Waals surface area contributed by atoms with E-state index in [0.717, 1.165) is 19.4 Å². The fraction of sp³-hybridized carbons (Fsp3) is 0.353. The highest BCUT2D eigenvalue weighted by Gasteiger charge is 2.16. The van der Waals surface area contributed by atoms with Crippen LogP contribution in [0.15, 0.2) is 41.0 Å². The maximum atomic E-state index is 12.1. The van der Waals surface area contributed by atoms with Gasteiger partial charge in [0.05, 0.1) is 18.2 Å². The predicted octanol–water partition coefficient (Wildman–Crippen LogP) is 2.97. The third-order valence-corrected chi connectivity index (χ3v) is 3.67. The Morgan fingerprint density at radius 3 is 2.96 bits per heavy atom. The normalized spacial score (nSPS) is 16.5. The van der Waals surface area contributed by atoms with E-state index in [4.69, 9.17) is 19.6 Å². The molecule has 1 aliphatic heterocycles. The van der Waals surface area contributed by atoms with Crippen molar-refractivity contribution < 1.29 is 18.7 Å². The molecule has 2 heterocycles. The lowest BCUT2D eigenvalue weighted by Gasteiger charge is -2.12. The van der Waals surface area contributed by atoms with E-state index in [0.29, 0.717) is 29.4 Å². The number of rotatable bonds is 6. The third kappa shape index (κ3) is 4.74. The number of ether oxygens (including phenoxy) is 2. The van der Waals surface area contributed by atoms with Crippen LogP contribution < -0.4 is 15.8 Å². The number of hydrogen-bond acceptors (Lipinski definition) is 5. The second-order valence-electron chi connectivity index (χ2n) is 5.43. The molecule has 2 aromatic rings. The van der Waals surface area contributed by atoms with Crippen LogP contribution in [0.1, 0.15) is 29.0 Å². The quantitative estimate of drug-likeness (QED) is 0.834. The van der Waals surface area contributed by atoms with Crippen LogP contribution >= 0.6 is 12.4 Å². The summed E-state index contributed by atoms with van der Waals surface area (Å²) in [6.45, 7) is 1.60. The summed E-state index contributed by atoms with van der Waals surface area (Å²) >= 11 is 0. The van der Waals surface area contributed by atoms with E-state index in [1.54, 1.807) is 18.2 Å². The molecule has 1 amide bonds. The maximum absolute atomic E-state index is 12.1. The van der Waals surface area contributed by atoms with Crippen molar-refractivity contribution in [2.45, 2.75) is 25.5 Å². The topological polar surface area (TPSA) is 86.7 Å². The minimum absolute atomic E-state index is 0. The second kappa shape index (κ2) is 8.73. The van der Waals surface area contributed by atoms with Gasteiger partial charge in [-0.1, -0.05) is 6.07 Å². The first-order valence-corrected chi connectivity index (χ1v) is 7.68. The Bertz CT molecular complexity index is 668. The molecular formula is C17H21ClN2O4. The molecule has 3 N–H and O–H groups in total. The molecule has 0 aliphatic carbocycles. The van der Waals surface area contributed by atoms with Gasteiger partial charge in [-0.05, 0) is 31.0 Å². The van der Waals surface area contributed by atoms with Crippen LogP contribution in [-0.2, 0) is 11.3 Å². The number of furan rings is 1. The maximum Gasteiger partial charge on any atom is 0.258 e. The number of anilines is 1. The number of carbonyl (C=O) groups excluding carboxylic acids is 1. The van der Waals surface area contributed by atoms with Gasteiger partial charge in [0.15, 0.2) is 0 Å². The number of halogens is 1. The van der Waals surface area contributed by atoms with Crippen LogP contribution in [0, 0.1) is 0 Å². The number of amides is 1. The predicted molar refractivity (Wildman–Crippen MR) is 92.7 cm³/mol. The van der Waals surface area contributed by atoms with Gasteiger partial charge in [0.25, 0.3) is 5.91 Å². The van der Waals surface area contributed by atoms with Crippen molar-refractivity contribution in [1.82, 2.24) is 0 Å². The van der Waals surface area contributed by atoms with Crippen molar-refractivity contribution in [3.8, 4) is 5.75 Å². The highest BCUT2D eigenvalue weighted by atomic mass is 35.5. The standard InChI is InChI=1S/C17H20N2O4.ClH/c18-9-16-7-12(10-22-16)17(20)19-13-3-1-4-14(8-13)23-11-15-5-2-6-21-15;/h1,3-4,7-8,10,15H,2,5-6,9,11,18H2,(H,19,20);1H. The van der Waals surface area contributed by atoms with Crippen LogP contribution in [0.2, 0.25) is 0 Å². The number of benzene rings is 1. The van der Waals surface area contributed by atoms with Gasteiger partial charge in [-0.2, -0.15) is 0 Å². The molecule has 3 rings (SSSR count). The van der Waals surface area contributed by atoms with Crippen molar-refractivity contribution >= 4 is 24.0 Å². The zero-order valence-electron chi connectivity index (χ0n) is 13.2. The smallest absolute Gasteiger partial charge is 0.258 e.